The van der Waals surface area contributed by atoms with Gasteiger partial charge in [0.05, 0.1) is 6.54 Å². The van der Waals surface area contributed by atoms with Crippen molar-refractivity contribution in [2.75, 3.05) is 13.1 Å². The van der Waals surface area contributed by atoms with E-state index < -0.39 is 12.7 Å². The van der Waals surface area contributed by atoms with Gasteiger partial charge in [-0.1, -0.05) is 12.1 Å². The van der Waals surface area contributed by atoms with Crippen molar-refractivity contribution in [3.05, 3.63) is 35.6 Å². The van der Waals surface area contributed by atoms with Crippen LogP contribution in [0.5, 0.6) is 0 Å². The highest BCUT2D eigenvalue weighted by atomic mass is 19.4. The Morgan fingerprint density at radius 3 is 2.20 bits per heavy atom. The Hall–Kier alpha value is -1.10. The monoisotopic (exact) mass is 221 g/mol. The number of rotatable bonds is 4. The van der Waals surface area contributed by atoms with Crippen molar-refractivity contribution in [1.29, 1.82) is 0 Å². The number of alkyl halides is 3. The van der Waals surface area contributed by atoms with Gasteiger partial charge in [-0.15, -0.1) is 0 Å². The molecule has 0 unspecified atom stereocenters. The summed E-state index contributed by atoms with van der Waals surface area (Å²) in [5.41, 5.74) is 0.811. The van der Waals surface area contributed by atoms with E-state index in [2.05, 4.69) is 5.32 Å². The topological polar surface area (TPSA) is 12.0 Å². The minimum absolute atomic E-state index is 0.227. The highest BCUT2D eigenvalue weighted by Crippen LogP contribution is 2.12. The SMILES string of the molecule is Fc1ccc(CCNCC(F)(F)F)cc1. The zero-order valence-electron chi connectivity index (χ0n) is 7.94. The number of hydrogen-bond donors (Lipinski definition) is 1. The second-order valence-corrected chi connectivity index (χ2v) is 3.17. The molecular weight excluding hydrogens is 210 g/mol. The highest BCUT2D eigenvalue weighted by molar-refractivity contribution is 5.16. The second-order valence-electron chi connectivity index (χ2n) is 3.17. The fourth-order valence-electron chi connectivity index (χ4n) is 1.11. The van der Waals surface area contributed by atoms with Gasteiger partial charge in [0, 0.05) is 0 Å². The van der Waals surface area contributed by atoms with E-state index in [0.717, 1.165) is 5.56 Å². The van der Waals surface area contributed by atoms with Gasteiger partial charge in [-0.05, 0) is 30.7 Å². The van der Waals surface area contributed by atoms with E-state index in [1.165, 1.54) is 12.1 Å². The van der Waals surface area contributed by atoms with Gasteiger partial charge in [0.1, 0.15) is 5.82 Å². The van der Waals surface area contributed by atoms with Crippen LogP contribution in [-0.4, -0.2) is 19.3 Å². The number of nitrogens with one attached hydrogen (secondary N) is 1. The average Bonchev–Trinajstić information content (AvgIpc) is 2.14. The zero-order valence-corrected chi connectivity index (χ0v) is 7.94. The Balaban J connectivity index is 2.23. The molecule has 1 aromatic rings. The summed E-state index contributed by atoms with van der Waals surface area (Å²) < 4.78 is 47.6. The van der Waals surface area contributed by atoms with Crippen LogP contribution in [0.2, 0.25) is 0 Å². The normalized spacial score (nSPS) is 11.7. The van der Waals surface area contributed by atoms with E-state index in [0.29, 0.717) is 6.42 Å². The van der Waals surface area contributed by atoms with Crippen LogP contribution < -0.4 is 5.32 Å². The van der Waals surface area contributed by atoms with Crippen molar-refractivity contribution in [2.24, 2.45) is 0 Å². The van der Waals surface area contributed by atoms with E-state index in [9.17, 15) is 17.6 Å². The fourth-order valence-corrected chi connectivity index (χ4v) is 1.11. The van der Waals surface area contributed by atoms with Crippen LogP contribution in [0.4, 0.5) is 17.6 Å². The molecular formula is C10H11F4N. The minimum Gasteiger partial charge on any atom is -0.308 e. The van der Waals surface area contributed by atoms with E-state index in [1.807, 2.05) is 0 Å². The van der Waals surface area contributed by atoms with Crippen LogP contribution >= 0.6 is 0 Å². The first-order valence-electron chi connectivity index (χ1n) is 4.49. The molecule has 0 aromatic heterocycles. The van der Waals surface area contributed by atoms with Crippen LogP contribution in [0.25, 0.3) is 0 Å². The molecule has 0 fully saturated rings. The Kier molecular flexibility index (Phi) is 4.08. The first kappa shape index (κ1) is 12.0. The van der Waals surface area contributed by atoms with E-state index in [-0.39, 0.29) is 12.4 Å². The Bertz CT molecular complexity index is 291. The summed E-state index contributed by atoms with van der Waals surface area (Å²) in [5.74, 6) is -0.345. The molecule has 0 saturated carbocycles. The summed E-state index contributed by atoms with van der Waals surface area (Å²) in [7, 11) is 0. The third-order valence-corrected chi connectivity index (χ3v) is 1.83. The molecule has 0 bridgehead atoms. The molecule has 0 aliphatic rings. The first-order chi connectivity index (χ1) is 6.97. The van der Waals surface area contributed by atoms with Gasteiger partial charge in [0.2, 0.25) is 0 Å². The summed E-state index contributed by atoms with van der Waals surface area (Å²) in [4.78, 5) is 0. The van der Waals surface area contributed by atoms with Gasteiger partial charge in [-0.2, -0.15) is 13.2 Å². The Morgan fingerprint density at radius 2 is 1.67 bits per heavy atom. The molecule has 1 nitrogen and oxygen atoms in total. The molecule has 1 N–H and O–H groups in total. The van der Waals surface area contributed by atoms with Gasteiger partial charge < -0.3 is 5.32 Å². The van der Waals surface area contributed by atoms with Crippen LogP contribution in [0.15, 0.2) is 24.3 Å². The molecule has 0 spiro atoms. The molecule has 0 aliphatic heterocycles. The summed E-state index contributed by atoms with van der Waals surface area (Å²) >= 11 is 0. The smallest absolute Gasteiger partial charge is 0.308 e. The lowest BCUT2D eigenvalue weighted by Gasteiger charge is -2.07. The lowest BCUT2D eigenvalue weighted by atomic mass is 10.1. The molecule has 0 atom stereocenters. The maximum absolute atomic E-state index is 12.5. The molecule has 0 amide bonds. The molecule has 1 aromatic carbocycles. The van der Waals surface area contributed by atoms with Crippen molar-refractivity contribution in [1.82, 2.24) is 5.32 Å². The third-order valence-electron chi connectivity index (χ3n) is 1.83. The summed E-state index contributed by atoms with van der Waals surface area (Å²) in [5, 5.41) is 2.27. The standard InChI is InChI=1S/C10H11F4N/c11-9-3-1-8(2-4-9)5-6-15-7-10(12,13)14/h1-4,15H,5-7H2. The molecule has 0 saturated heterocycles. The second kappa shape index (κ2) is 5.11. The number of benzene rings is 1. The van der Waals surface area contributed by atoms with Crippen molar-refractivity contribution >= 4 is 0 Å². The Labute approximate surface area is 85.1 Å². The summed E-state index contributed by atoms with van der Waals surface area (Å²) in [6.07, 6.45) is -3.72. The lowest BCUT2D eigenvalue weighted by molar-refractivity contribution is -0.124. The van der Waals surface area contributed by atoms with Crippen LogP contribution in [0.1, 0.15) is 5.56 Å². The molecule has 0 heterocycles. The number of hydrogen-bond acceptors (Lipinski definition) is 1. The van der Waals surface area contributed by atoms with E-state index in [4.69, 9.17) is 0 Å². The molecule has 1 rings (SSSR count). The predicted molar refractivity (Wildman–Crippen MR) is 49.0 cm³/mol. The van der Waals surface area contributed by atoms with Crippen LogP contribution in [0.3, 0.4) is 0 Å². The van der Waals surface area contributed by atoms with Gasteiger partial charge in [0.15, 0.2) is 0 Å². The van der Waals surface area contributed by atoms with E-state index >= 15 is 0 Å². The van der Waals surface area contributed by atoms with Crippen molar-refractivity contribution in [3.63, 3.8) is 0 Å². The van der Waals surface area contributed by atoms with Crippen molar-refractivity contribution < 1.29 is 17.6 Å². The summed E-state index contributed by atoms with van der Waals surface area (Å²) in [6, 6.07) is 5.70. The first-order valence-corrected chi connectivity index (χ1v) is 4.49. The van der Waals surface area contributed by atoms with Gasteiger partial charge in [-0.3, -0.25) is 0 Å². The van der Waals surface area contributed by atoms with Gasteiger partial charge >= 0.3 is 6.18 Å². The predicted octanol–water partition coefficient (Wildman–Crippen LogP) is 2.52. The van der Waals surface area contributed by atoms with Gasteiger partial charge in [-0.25, -0.2) is 4.39 Å². The molecule has 15 heavy (non-hydrogen) atoms. The quantitative estimate of drug-likeness (QED) is 0.608. The summed E-state index contributed by atoms with van der Waals surface area (Å²) in [6.45, 7) is -0.765. The van der Waals surface area contributed by atoms with Crippen LogP contribution in [-0.2, 0) is 6.42 Å². The fraction of sp³-hybridized carbons (Fsp3) is 0.400. The Morgan fingerprint density at radius 1 is 1.07 bits per heavy atom. The zero-order chi connectivity index (χ0) is 11.3. The molecule has 0 aliphatic carbocycles. The minimum atomic E-state index is -4.18. The van der Waals surface area contributed by atoms with Crippen molar-refractivity contribution in [2.45, 2.75) is 12.6 Å². The number of halogens is 4. The van der Waals surface area contributed by atoms with Crippen molar-refractivity contribution in [3.8, 4) is 0 Å². The van der Waals surface area contributed by atoms with Gasteiger partial charge in [0.25, 0.3) is 0 Å². The maximum atomic E-state index is 12.5. The highest BCUT2D eigenvalue weighted by Gasteiger charge is 2.25. The van der Waals surface area contributed by atoms with E-state index in [1.54, 1.807) is 12.1 Å². The maximum Gasteiger partial charge on any atom is 0.401 e. The third kappa shape index (κ3) is 5.37. The van der Waals surface area contributed by atoms with Crippen LogP contribution in [0, 0.1) is 5.82 Å². The molecule has 0 radical (unpaired) electrons. The average molecular weight is 221 g/mol. The molecule has 84 valence electrons. The lowest BCUT2D eigenvalue weighted by Crippen LogP contribution is -2.30. The molecule has 5 heteroatoms. The largest absolute Gasteiger partial charge is 0.401 e.